The lowest BCUT2D eigenvalue weighted by molar-refractivity contribution is -0.118. The van der Waals surface area contributed by atoms with Crippen LogP contribution in [0.3, 0.4) is 0 Å². The van der Waals surface area contributed by atoms with Crippen LogP contribution in [0.15, 0.2) is 70.2 Å². The summed E-state index contributed by atoms with van der Waals surface area (Å²) in [7, 11) is 0. The van der Waals surface area contributed by atoms with Crippen molar-refractivity contribution in [2.45, 2.75) is 18.6 Å². The molecule has 4 aromatic rings. The number of amides is 1. The van der Waals surface area contributed by atoms with Gasteiger partial charge in [-0.2, -0.15) is 4.68 Å². The Bertz CT molecular complexity index is 1160. The first-order valence-corrected chi connectivity index (χ1v) is 10.5. The molecule has 0 radical (unpaired) electrons. The Morgan fingerprint density at radius 3 is 2.80 bits per heavy atom. The van der Waals surface area contributed by atoms with Crippen molar-refractivity contribution < 1.29 is 9.21 Å². The molecule has 1 amide bonds. The van der Waals surface area contributed by atoms with Crippen LogP contribution in [0.5, 0.6) is 0 Å². The Hall–Kier alpha value is -3.10. The van der Waals surface area contributed by atoms with Gasteiger partial charge in [0.25, 0.3) is 0 Å². The number of rotatable bonds is 7. The van der Waals surface area contributed by atoms with Gasteiger partial charge in [0, 0.05) is 10.6 Å². The van der Waals surface area contributed by atoms with Gasteiger partial charge in [-0.1, -0.05) is 35.5 Å². The van der Waals surface area contributed by atoms with Crippen LogP contribution in [0.2, 0.25) is 5.02 Å². The molecule has 0 spiro atoms. The standard InChI is InChI=1S/C21H18ClN5O2S/c1-14-3-2-4-17(11-14)27-21(24-25-26-27)30-13-20(28)23-12-18-9-10-19(29-18)15-5-7-16(22)8-6-15/h2-11H,12-13H2,1H3,(H,23,28). The number of furan rings is 1. The summed E-state index contributed by atoms with van der Waals surface area (Å²) in [4.78, 5) is 12.3. The van der Waals surface area contributed by atoms with Gasteiger partial charge >= 0.3 is 0 Å². The maximum Gasteiger partial charge on any atom is 0.230 e. The van der Waals surface area contributed by atoms with Gasteiger partial charge in [-0.25, -0.2) is 0 Å². The molecule has 2 aromatic carbocycles. The van der Waals surface area contributed by atoms with E-state index in [1.165, 1.54) is 11.8 Å². The Kier molecular flexibility index (Phi) is 6.15. The smallest absolute Gasteiger partial charge is 0.230 e. The lowest BCUT2D eigenvalue weighted by Gasteiger charge is -2.05. The fourth-order valence-corrected chi connectivity index (χ4v) is 3.65. The van der Waals surface area contributed by atoms with Crippen LogP contribution >= 0.6 is 23.4 Å². The summed E-state index contributed by atoms with van der Waals surface area (Å²) in [5.41, 5.74) is 2.89. The van der Waals surface area contributed by atoms with Crippen LogP contribution in [-0.2, 0) is 11.3 Å². The number of thioether (sulfide) groups is 1. The predicted octanol–water partition coefficient (Wildman–Crippen LogP) is 4.29. The van der Waals surface area contributed by atoms with Gasteiger partial charge in [0.2, 0.25) is 11.1 Å². The van der Waals surface area contributed by atoms with Crippen molar-refractivity contribution in [2.24, 2.45) is 0 Å². The Balaban J connectivity index is 1.31. The quantitative estimate of drug-likeness (QED) is 0.432. The third-order valence-corrected chi connectivity index (χ3v) is 5.44. The number of tetrazole rings is 1. The van der Waals surface area contributed by atoms with E-state index in [0.29, 0.717) is 22.5 Å². The average molecular weight is 440 g/mol. The zero-order chi connectivity index (χ0) is 20.9. The van der Waals surface area contributed by atoms with E-state index >= 15 is 0 Å². The fourth-order valence-electron chi connectivity index (χ4n) is 2.80. The van der Waals surface area contributed by atoms with E-state index in [1.807, 2.05) is 67.6 Å². The topological polar surface area (TPSA) is 85.8 Å². The number of carbonyl (C=O) groups is 1. The molecule has 0 saturated carbocycles. The molecule has 4 rings (SSSR count). The van der Waals surface area contributed by atoms with Crippen molar-refractivity contribution in [1.29, 1.82) is 0 Å². The van der Waals surface area contributed by atoms with Crippen LogP contribution in [0.4, 0.5) is 0 Å². The number of aryl methyl sites for hydroxylation is 1. The highest BCUT2D eigenvalue weighted by atomic mass is 35.5. The molecule has 9 heteroatoms. The third-order valence-electron chi connectivity index (χ3n) is 4.27. The number of benzene rings is 2. The van der Waals surface area contributed by atoms with Crippen LogP contribution in [0.1, 0.15) is 11.3 Å². The van der Waals surface area contributed by atoms with Crippen LogP contribution in [-0.4, -0.2) is 31.9 Å². The number of hydrogen-bond donors (Lipinski definition) is 1. The zero-order valence-electron chi connectivity index (χ0n) is 16.1. The van der Waals surface area contributed by atoms with E-state index in [9.17, 15) is 4.79 Å². The van der Waals surface area contributed by atoms with Gasteiger partial charge < -0.3 is 9.73 Å². The van der Waals surface area contributed by atoms with E-state index in [0.717, 1.165) is 22.6 Å². The molecule has 0 unspecified atom stereocenters. The molecule has 152 valence electrons. The lowest BCUT2D eigenvalue weighted by atomic mass is 10.2. The van der Waals surface area contributed by atoms with Crippen molar-refractivity contribution in [3.05, 3.63) is 77.0 Å². The Labute approximate surface area is 182 Å². The number of nitrogens with zero attached hydrogens (tertiary/aromatic N) is 4. The summed E-state index contributed by atoms with van der Waals surface area (Å²) in [6.07, 6.45) is 0. The normalized spacial score (nSPS) is 10.9. The van der Waals surface area contributed by atoms with Crippen molar-refractivity contribution in [3.8, 4) is 17.0 Å². The summed E-state index contributed by atoms with van der Waals surface area (Å²) in [5.74, 6) is 1.45. The van der Waals surface area contributed by atoms with Gasteiger partial charge in [0.05, 0.1) is 18.0 Å². The molecule has 30 heavy (non-hydrogen) atoms. The van der Waals surface area contributed by atoms with E-state index in [2.05, 4.69) is 20.8 Å². The first kappa shape index (κ1) is 20.2. The molecule has 1 N–H and O–H groups in total. The first-order chi connectivity index (χ1) is 14.6. The molecule has 0 saturated heterocycles. The molecule has 0 bridgehead atoms. The molecular formula is C21H18ClN5O2S. The number of aromatic nitrogens is 4. The molecule has 2 aromatic heterocycles. The van der Waals surface area contributed by atoms with Crippen LogP contribution in [0, 0.1) is 6.92 Å². The van der Waals surface area contributed by atoms with Gasteiger partial charge in [0.15, 0.2) is 0 Å². The number of halogens is 1. The minimum atomic E-state index is -0.136. The molecule has 7 nitrogen and oxygen atoms in total. The van der Waals surface area contributed by atoms with Gasteiger partial charge in [-0.3, -0.25) is 4.79 Å². The lowest BCUT2D eigenvalue weighted by Crippen LogP contribution is -2.24. The van der Waals surface area contributed by atoms with Gasteiger partial charge in [-0.05, 0) is 71.4 Å². The zero-order valence-corrected chi connectivity index (χ0v) is 17.7. The fraction of sp³-hybridized carbons (Fsp3) is 0.143. The number of nitrogens with one attached hydrogen (secondary N) is 1. The third kappa shape index (κ3) is 4.90. The van der Waals surface area contributed by atoms with Crippen molar-refractivity contribution in [3.63, 3.8) is 0 Å². The highest BCUT2D eigenvalue weighted by Crippen LogP contribution is 2.24. The number of hydrogen-bond acceptors (Lipinski definition) is 6. The second-order valence-electron chi connectivity index (χ2n) is 6.55. The van der Waals surface area contributed by atoms with Crippen molar-refractivity contribution in [1.82, 2.24) is 25.5 Å². The van der Waals surface area contributed by atoms with Crippen molar-refractivity contribution >= 4 is 29.3 Å². The molecule has 0 fully saturated rings. The second kappa shape index (κ2) is 9.15. The second-order valence-corrected chi connectivity index (χ2v) is 7.93. The largest absolute Gasteiger partial charge is 0.459 e. The average Bonchev–Trinajstić information content (AvgIpc) is 3.41. The summed E-state index contributed by atoms with van der Waals surface area (Å²) < 4.78 is 7.42. The molecule has 0 aliphatic rings. The van der Waals surface area contributed by atoms with E-state index in [-0.39, 0.29) is 11.7 Å². The maximum atomic E-state index is 12.3. The maximum absolute atomic E-state index is 12.3. The predicted molar refractivity (Wildman–Crippen MR) is 116 cm³/mol. The van der Waals surface area contributed by atoms with Crippen molar-refractivity contribution in [2.75, 3.05) is 5.75 Å². The summed E-state index contributed by atoms with van der Waals surface area (Å²) in [5, 5.41) is 15.8. The molecule has 0 aliphatic heterocycles. The minimum absolute atomic E-state index is 0.136. The van der Waals surface area contributed by atoms with Crippen LogP contribution in [0.25, 0.3) is 17.0 Å². The monoisotopic (exact) mass is 439 g/mol. The van der Waals surface area contributed by atoms with Gasteiger partial charge in [-0.15, -0.1) is 5.10 Å². The minimum Gasteiger partial charge on any atom is -0.459 e. The van der Waals surface area contributed by atoms with E-state index < -0.39 is 0 Å². The number of carbonyl (C=O) groups excluding carboxylic acids is 1. The first-order valence-electron chi connectivity index (χ1n) is 9.18. The molecule has 2 heterocycles. The summed E-state index contributed by atoms with van der Waals surface area (Å²) in [6, 6.07) is 18.9. The highest BCUT2D eigenvalue weighted by Gasteiger charge is 2.12. The van der Waals surface area contributed by atoms with Gasteiger partial charge in [0.1, 0.15) is 11.5 Å². The molecular weight excluding hydrogens is 422 g/mol. The van der Waals surface area contributed by atoms with E-state index in [1.54, 1.807) is 4.68 Å². The Morgan fingerprint density at radius 2 is 2.00 bits per heavy atom. The summed E-state index contributed by atoms with van der Waals surface area (Å²) in [6.45, 7) is 2.30. The molecule has 0 atom stereocenters. The van der Waals surface area contributed by atoms with E-state index in [4.69, 9.17) is 16.0 Å². The molecule has 0 aliphatic carbocycles. The summed E-state index contributed by atoms with van der Waals surface area (Å²) >= 11 is 7.19. The van der Waals surface area contributed by atoms with Crippen LogP contribution < -0.4 is 5.32 Å². The highest BCUT2D eigenvalue weighted by molar-refractivity contribution is 7.99. The SMILES string of the molecule is Cc1cccc(-n2nnnc2SCC(=O)NCc2ccc(-c3ccc(Cl)cc3)o2)c1. The Morgan fingerprint density at radius 1 is 1.17 bits per heavy atom.